The Balaban J connectivity index is 1.29. The second kappa shape index (κ2) is 12.4. The van der Waals surface area contributed by atoms with Gasteiger partial charge in [-0.05, 0) is 61.8 Å². The lowest BCUT2D eigenvalue weighted by Gasteiger charge is -2.21. The van der Waals surface area contributed by atoms with E-state index in [2.05, 4.69) is 21.8 Å². The monoisotopic (exact) mass is 521 g/mol. The molecule has 2 heterocycles. The van der Waals surface area contributed by atoms with Gasteiger partial charge in [-0.1, -0.05) is 18.2 Å². The molecule has 9 nitrogen and oxygen atoms in total. The van der Waals surface area contributed by atoms with Gasteiger partial charge in [-0.25, -0.2) is 4.79 Å². The first-order valence-electron chi connectivity index (χ1n) is 12.4. The number of ether oxygens (including phenoxy) is 2. The molecule has 1 unspecified atom stereocenters. The number of hydrogen-bond acceptors (Lipinski definition) is 7. The summed E-state index contributed by atoms with van der Waals surface area (Å²) in [5, 5.41) is 20.2. The van der Waals surface area contributed by atoms with E-state index in [0.717, 1.165) is 40.3 Å². The van der Waals surface area contributed by atoms with Crippen molar-refractivity contribution in [1.82, 2.24) is 15.1 Å². The Hall–Kier alpha value is -3.84. The van der Waals surface area contributed by atoms with Gasteiger partial charge in [0, 0.05) is 24.5 Å². The van der Waals surface area contributed by atoms with Crippen LogP contribution in [0.5, 0.6) is 5.75 Å². The van der Waals surface area contributed by atoms with E-state index in [1.54, 1.807) is 10.9 Å². The van der Waals surface area contributed by atoms with E-state index in [-0.39, 0.29) is 11.8 Å². The van der Waals surface area contributed by atoms with Crippen molar-refractivity contribution in [1.29, 1.82) is 5.26 Å². The molecule has 1 aliphatic rings. The molecule has 10 heteroatoms. The van der Waals surface area contributed by atoms with E-state index >= 15 is 0 Å². The predicted molar refractivity (Wildman–Crippen MR) is 141 cm³/mol. The number of aromatic nitrogens is 2. The third-order valence-corrected chi connectivity index (χ3v) is 7.58. The molecule has 0 bridgehead atoms. The number of amides is 2. The SMILES string of the molecule is CCOc1ccccc1CCC(=O)Nc1sc2c(c1C#N)CCC(COC(=O)NCc1ccnn1C)C2. The van der Waals surface area contributed by atoms with Crippen molar-refractivity contribution in [2.24, 2.45) is 13.0 Å². The van der Waals surface area contributed by atoms with Crippen molar-refractivity contribution in [2.45, 2.75) is 45.6 Å². The molecule has 0 spiro atoms. The highest BCUT2D eigenvalue weighted by Gasteiger charge is 2.27. The molecule has 0 saturated carbocycles. The number of carbonyl (C=O) groups is 2. The Labute approximate surface area is 220 Å². The maximum absolute atomic E-state index is 12.7. The minimum atomic E-state index is -0.463. The molecule has 2 N–H and O–H groups in total. The number of carbonyl (C=O) groups excluding carboxylic acids is 2. The average Bonchev–Trinajstić information content (AvgIpc) is 3.47. The number of alkyl carbamates (subject to hydrolysis) is 1. The van der Waals surface area contributed by atoms with Crippen molar-refractivity contribution in [3.8, 4) is 11.8 Å². The lowest BCUT2D eigenvalue weighted by molar-refractivity contribution is -0.116. The molecule has 0 radical (unpaired) electrons. The normalized spacial score (nSPS) is 14.4. The van der Waals surface area contributed by atoms with Crippen molar-refractivity contribution >= 4 is 28.3 Å². The van der Waals surface area contributed by atoms with Crippen LogP contribution in [-0.4, -0.2) is 35.0 Å². The Morgan fingerprint density at radius 3 is 2.89 bits per heavy atom. The number of fused-ring (bicyclic) bond motifs is 1. The van der Waals surface area contributed by atoms with E-state index < -0.39 is 6.09 Å². The van der Waals surface area contributed by atoms with Crippen molar-refractivity contribution in [3.05, 3.63) is 63.8 Å². The Bertz CT molecular complexity index is 1290. The lowest BCUT2D eigenvalue weighted by atomic mass is 9.88. The largest absolute Gasteiger partial charge is 0.494 e. The molecule has 2 aromatic heterocycles. The van der Waals surface area contributed by atoms with Gasteiger partial charge >= 0.3 is 6.09 Å². The number of thiophene rings is 1. The minimum Gasteiger partial charge on any atom is -0.494 e. The number of nitrogens with zero attached hydrogens (tertiary/aromatic N) is 3. The highest BCUT2D eigenvalue weighted by atomic mass is 32.1. The Morgan fingerprint density at radius 1 is 1.30 bits per heavy atom. The topological polar surface area (TPSA) is 118 Å². The van der Waals surface area contributed by atoms with E-state index in [0.29, 0.717) is 49.6 Å². The van der Waals surface area contributed by atoms with Gasteiger partial charge < -0.3 is 20.1 Å². The molecule has 1 aromatic carbocycles. The first kappa shape index (κ1) is 26.2. The number of anilines is 1. The fourth-order valence-corrected chi connectivity index (χ4v) is 5.76. The van der Waals surface area contributed by atoms with Crippen LogP contribution >= 0.6 is 11.3 Å². The van der Waals surface area contributed by atoms with E-state index in [1.807, 2.05) is 44.3 Å². The van der Waals surface area contributed by atoms with Crippen LogP contribution in [-0.2, 0) is 42.4 Å². The molecule has 2 amide bonds. The zero-order valence-electron chi connectivity index (χ0n) is 21.1. The molecule has 3 aromatic rings. The maximum atomic E-state index is 12.7. The second-order valence-electron chi connectivity index (χ2n) is 8.92. The van der Waals surface area contributed by atoms with Gasteiger partial charge in [-0.3, -0.25) is 9.48 Å². The summed E-state index contributed by atoms with van der Waals surface area (Å²) in [6.45, 7) is 3.15. The van der Waals surface area contributed by atoms with E-state index in [4.69, 9.17) is 9.47 Å². The highest BCUT2D eigenvalue weighted by molar-refractivity contribution is 7.16. The van der Waals surface area contributed by atoms with Crippen LogP contribution in [0.15, 0.2) is 36.5 Å². The number of hydrogen-bond donors (Lipinski definition) is 2. The van der Waals surface area contributed by atoms with Crippen molar-refractivity contribution in [3.63, 3.8) is 0 Å². The average molecular weight is 522 g/mol. The van der Waals surface area contributed by atoms with Gasteiger partial charge in [0.15, 0.2) is 0 Å². The van der Waals surface area contributed by atoms with Gasteiger partial charge in [0.05, 0.1) is 31.0 Å². The number of benzene rings is 1. The van der Waals surface area contributed by atoms with Crippen LogP contribution in [0.2, 0.25) is 0 Å². The molecule has 37 heavy (non-hydrogen) atoms. The van der Waals surface area contributed by atoms with Crippen molar-refractivity contribution in [2.75, 3.05) is 18.5 Å². The standard InChI is InChI=1S/C27H31N5O4S/c1-3-35-23-7-5-4-6-19(23)9-11-25(33)31-26-22(15-28)21-10-8-18(14-24(21)37-26)17-36-27(34)29-16-20-12-13-30-32(20)2/h4-7,12-13,18H,3,8-11,14,16-17H2,1-2H3,(H,29,34)(H,31,33). The first-order chi connectivity index (χ1) is 18.0. The number of rotatable bonds is 10. The summed E-state index contributed by atoms with van der Waals surface area (Å²) in [6, 6.07) is 11.8. The predicted octanol–water partition coefficient (Wildman–Crippen LogP) is 4.35. The molecule has 194 valence electrons. The summed E-state index contributed by atoms with van der Waals surface area (Å²) >= 11 is 1.45. The fourth-order valence-electron chi connectivity index (χ4n) is 4.43. The maximum Gasteiger partial charge on any atom is 0.407 e. The van der Waals surface area contributed by atoms with Crippen LogP contribution in [0.25, 0.3) is 0 Å². The summed E-state index contributed by atoms with van der Waals surface area (Å²) in [7, 11) is 1.82. The molecular weight excluding hydrogens is 490 g/mol. The van der Waals surface area contributed by atoms with Crippen LogP contribution < -0.4 is 15.4 Å². The summed E-state index contributed by atoms with van der Waals surface area (Å²) in [6.07, 6.45) is 4.30. The summed E-state index contributed by atoms with van der Waals surface area (Å²) in [5.74, 6) is 0.825. The fraction of sp³-hybridized carbons (Fsp3) is 0.407. The molecule has 0 saturated heterocycles. The summed E-state index contributed by atoms with van der Waals surface area (Å²) < 4.78 is 12.8. The van der Waals surface area contributed by atoms with Crippen LogP contribution in [0, 0.1) is 17.2 Å². The smallest absolute Gasteiger partial charge is 0.407 e. The summed E-state index contributed by atoms with van der Waals surface area (Å²) in [5.41, 5.74) is 3.42. The van der Waals surface area contributed by atoms with Crippen LogP contribution in [0.4, 0.5) is 9.80 Å². The lowest BCUT2D eigenvalue weighted by Crippen LogP contribution is -2.28. The van der Waals surface area contributed by atoms with Gasteiger partial charge in [-0.2, -0.15) is 10.4 Å². The zero-order chi connectivity index (χ0) is 26.2. The van der Waals surface area contributed by atoms with Gasteiger partial charge in [0.1, 0.15) is 16.8 Å². The third kappa shape index (κ3) is 6.68. The molecular formula is C27H31N5O4S. The third-order valence-electron chi connectivity index (χ3n) is 6.41. The zero-order valence-corrected chi connectivity index (χ0v) is 21.9. The quantitative estimate of drug-likeness (QED) is 0.409. The van der Waals surface area contributed by atoms with E-state index in [9.17, 15) is 14.9 Å². The molecule has 0 fully saturated rings. The molecule has 4 rings (SSSR count). The molecule has 0 aliphatic heterocycles. The van der Waals surface area contributed by atoms with E-state index in [1.165, 1.54) is 11.3 Å². The second-order valence-corrected chi connectivity index (χ2v) is 10.0. The van der Waals surface area contributed by atoms with Gasteiger partial charge in [-0.15, -0.1) is 11.3 Å². The Morgan fingerprint density at radius 2 is 2.14 bits per heavy atom. The minimum absolute atomic E-state index is 0.133. The summed E-state index contributed by atoms with van der Waals surface area (Å²) in [4.78, 5) is 25.9. The first-order valence-corrected chi connectivity index (χ1v) is 13.2. The van der Waals surface area contributed by atoms with Crippen LogP contribution in [0.3, 0.4) is 0 Å². The number of para-hydroxylation sites is 1. The van der Waals surface area contributed by atoms with Crippen molar-refractivity contribution < 1.29 is 19.1 Å². The van der Waals surface area contributed by atoms with Crippen LogP contribution in [0.1, 0.15) is 47.0 Å². The number of aryl methyl sites for hydroxylation is 2. The highest BCUT2D eigenvalue weighted by Crippen LogP contribution is 2.39. The number of nitriles is 1. The Kier molecular flexibility index (Phi) is 8.80. The molecule has 1 atom stereocenters. The number of nitrogens with one attached hydrogen (secondary N) is 2. The van der Waals surface area contributed by atoms with Gasteiger partial charge in [0.2, 0.25) is 5.91 Å². The van der Waals surface area contributed by atoms with Gasteiger partial charge in [0.25, 0.3) is 0 Å². The molecule has 1 aliphatic carbocycles.